The van der Waals surface area contributed by atoms with E-state index in [1.165, 1.54) is 7.11 Å². The van der Waals surface area contributed by atoms with Crippen LogP contribution in [0.4, 0.5) is 4.79 Å². The number of methoxy groups -OCH3 is 1. The van der Waals surface area contributed by atoms with Gasteiger partial charge in [-0.2, -0.15) is 4.98 Å². The Hall–Kier alpha value is -3.14. The molecule has 0 saturated heterocycles. The van der Waals surface area contributed by atoms with Gasteiger partial charge in [0.15, 0.2) is 0 Å². The molecular formula is C25H28Cl2N4O5. The number of amides is 1. The largest absolute Gasteiger partial charge is 0.493 e. The predicted molar refractivity (Wildman–Crippen MR) is 136 cm³/mol. The second kappa shape index (κ2) is 13.8. The Morgan fingerprint density at radius 1 is 1.08 bits per heavy atom. The van der Waals surface area contributed by atoms with Gasteiger partial charge in [0.2, 0.25) is 17.5 Å². The van der Waals surface area contributed by atoms with Gasteiger partial charge in [0.05, 0.1) is 36.2 Å². The zero-order valence-corrected chi connectivity index (χ0v) is 21.3. The number of unbranched alkanes of at least 4 members (excludes halogenated alkanes) is 1. The van der Waals surface area contributed by atoms with Crippen molar-refractivity contribution < 1.29 is 23.6 Å². The van der Waals surface area contributed by atoms with E-state index in [0.717, 1.165) is 23.3 Å². The normalized spacial score (nSPS) is 11.7. The first-order chi connectivity index (χ1) is 17.4. The SMILES string of the molecule is COC(=O)NC(CCCCN)C(=O)c1noc(Cc2ccc(OCCc3ccc(Cl)c(Cl)c3)cc2)n1. The van der Waals surface area contributed by atoms with Crippen LogP contribution < -0.4 is 15.8 Å². The molecule has 0 radical (unpaired) electrons. The summed E-state index contributed by atoms with van der Waals surface area (Å²) in [7, 11) is 1.23. The highest BCUT2D eigenvalue weighted by Crippen LogP contribution is 2.23. The third-order valence-corrected chi connectivity index (χ3v) is 6.09. The number of carbonyl (C=O) groups excluding carboxylic acids is 2. The van der Waals surface area contributed by atoms with Gasteiger partial charge >= 0.3 is 6.09 Å². The van der Waals surface area contributed by atoms with Crippen LogP contribution in [0.2, 0.25) is 10.0 Å². The van der Waals surface area contributed by atoms with Crippen LogP contribution in [0.15, 0.2) is 47.0 Å². The zero-order valence-electron chi connectivity index (χ0n) is 19.8. The van der Waals surface area contributed by atoms with Crippen LogP contribution in [0, 0.1) is 0 Å². The van der Waals surface area contributed by atoms with Gasteiger partial charge < -0.3 is 25.0 Å². The van der Waals surface area contributed by atoms with Gasteiger partial charge in [-0.05, 0) is 61.2 Å². The Morgan fingerprint density at radius 2 is 1.83 bits per heavy atom. The summed E-state index contributed by atoms with van der Waals surface area (Å²) in [5, 5.41) is 7.36. The minimum Gasteiger partial charge on any atom is -0.493 e. The maximum absolute atomic E-state index is 12.8. The number of halogens is 2. The van der Waals surface area contributed by atoms with Gasteiger partial charge in [0, 0.05) is 6.42 Å². The van der Waals surface area contributed by atoms with E-state index in [1.54, 1.807) is 6.07 Å². The number of nitrogens with one attached hydrogen (secondary N) is 1. The molecule has 0 bridgehead atoms. The third kappa shape index (κ3) is 8.22. The Labute approximate surface area is 219 Å². The molecular weight excluding hydrogens is 507 g/mol. The Kier molecular flexibility index (Phi) is 10.5. The number of ketones is 1. The summed E-state index contributed by atoms with van der Waals surface area (Å²) in [6.07, 6.45) is 2.09. The molecule has 3 aromatic rings. The van der Waals surface area contributed by atoms with Crippen molar-refractivity contribution in [1.29, 1.82) is 0 Å². The van der Waals surface area contributed by atoms with E-state index in [9.17, 15) is 9.59 Å². The van der Waals surface area contributed by atoms with E-state index < -0.39 is 17.9 Å². The third-order valence-electron chi connectivity index (χ3n) is 5.35. The van der Waals surface area contributed by atoms with Crippen molar-refractivity contribution in [2.45, 2.75) is 38.1 Å². The molecule has 1 atom stereocenters. The second-order valence-electron chi connectivity index (χ2n) is 8.02. The van der Waals surface area contributed by atoms with E-state index in [2.05, 4.69) is 20.2 Å². The van der Waals surface area contributed by atoms with Crippen LogP contribution in [0.25, 0.3) is 0 Å². The minimum absolute atomic E-state index is 0.0959. The molecule has 9 nitrogen and oxygen atoms in total. The summed E-state index contributed by atoms with van der Waals surface area (Å²) >= 11 is 12.0. The molecule has 11 heteroatoms. The summed E-state index contributed by atoms with van der Waals surface area (Å²) in [5.74, 6) is 0.458. The molecule has 192 valence electrons. The van der Waals surface area contributed by atoms with E-state index in [4.69, 9.17) is 38.2 Å². The van der Waals surface area contributed by atoms with Gasteiger partial charge in [0.25, 0.3) is 0 Å². The Morgan fingerprint density at radius 3 is 2.53 bits per heavy atom. The minimum atomic E-state index is -0.824. The molecule has 0 fully saturated rings. The average molecular weight is 535 g/mol. The highest BCUT2D eigenvalue weighted by atomic mass is 35.5. The number of alkyl carbamates (subject to hydrolysis) is 1. The first kappa shape index (κ1) is 27.4. The standard InChI is InChI=1S/C25H28Cl2N4O5/c1-34-25(33)29-21(4-2-3-12-28)23(32)24-30-22(36-31-24)15-16-5-8-18(9-6-16)35-13-11-17-7-10-19(26)20(27)14-17/h5-10,14,21H,2-4,11-13,15,28H2,1H3,(H,29,33). The number of carbonyl (C=O) groups is 2. The number of aromatic nitrogens is 2. The fourth-order valence-electron chi connectivity index (χ4n) is 3.41. The number of hydrogen-bond donors (Lipinski definition) is 2. The first-order valence-electron chi connectivity index (χ1n) is 11.5. The smallest absolute Gasteiger partial charge is 0.407 e. The Bertz CT molecular complexity index is 1150. The number of ether oxygens (including phenoxy) is 2. The number of Topliss-reactive ketones (excluding diaryl/α,β-unsaturated/α-hetero) is 1. The summed E-state index contributed by atoms with van der Waals surface area (Å²) < 4.78 is 15.7. The lowest BCUT2D eigenvalue weighted by Crippen LogP contribution is -2.41. The maximum Gasteiger partial charge on any atom is 0.407 e. The van der Waals surface area contributed by atoms with E-state index >= 15 is 0 Å². The molecule has 0 spiro atoms. The molecule has 2 aromatic carbocycles. The zero-order chi connectivity index (χ0) is 25.9. The maximum atomic E-state index is 12.8. The molecule has 1 aromatic heterocycles. The average Bonchev–Trinajstić information content (AvgIpc) is 3.34. The van der Waals surface area contributed by atoms with E-state index in [0.29, 0.717) is 48.9 Å². The monoisotopic (exact) mass is 534 g/mol. The lowest BCUT2D eigenvalue weighted by molar-refractivity contribution is 0.0911. The number of nitrogens with zero attached hydrogens (tertiary/aromatic N) is 2. The molecule has 0 saturated carbocycles. The molecule has 36 heavy (non-hydrogen) atoms. The highest BCUT2D eigenvalue weighted by Gasteiger charge is 2.26. The van der Waals surface area contributed by atoms with Crippen molar-refractivity contribution in [1.82, 2.24) is 15.5 Å². The van der Waals surface area contributed by atoms with Gasteiger partial charge in [-0.3, -0.25) is 4.79 Å². The molecule has 3 N–H and O–H groups in total. The lowest BCUT2D eigenvalue weighted by Gasteiger charge is -2.14. The summed E-state index contributed by atoms with van der Waals surface area (Å²) in [4.78, 5) is 28.7. The van der Waals surface area contributed by atoms with Crippen molar-refractivity contribution in [2.24, 2.45) is 5.73 Å². The van der Waals surface area contributed by atoms with Gasteiger partial charge in [-0.15, -0.1) is 0 Å². The Balaban J connectivity index is 1.53. The topological polar surface area (TPSA) is 130 Å². The fraction of sp³-hybridized carbons (Fsp3) is 0.360. The van der Waals surface area contributed by atoms with Crippen molar-refractivity contribution in [3.8, 4) is 5.75 Å². The molecule has 0 aliphatic carbocycles. The van der Waals surface area contributed by atoms with Crippen molar-refractivity contribution in [3.05, 3.63) is 75.4 Å². The molecule has 1 unspecified atom stereocenters. The summed E-state index contributed by atoms with van der Waals surface area (Å²) in [5.41, 5.74) is 7.46. The lowest BCUT2D eigenvalue weighted by atomic mass is 10.0. The molecule has 1 amide bonds. The second-order valence-corrected chi connectivity index (χ2v) is 8.83. The number of hydrogen-bond acceptors (Lipinski definition) is 8. The molecule has 0 aliphatic heterocycles. The van der Waals surface area contributed by atoms with E-state index in [-0.39, 0.29) is 11.7 Å². The molecule has 1 heterocycles. The number of nitrogens with two attached hydrogens (primary N) is 1. The number of rotatable bonds is 13. The predicted octanol–water partition coefficient (Wildman–Crippen LogP) is 4.63. The van der Waals surface area contributed by atoms with Crippen LogP contribution in [0.5, 0.6) is 5.75 Å². The van der Waals surface area contributed by atoms with E-state index in [1.807, 2.05) is 36.4 Å². The van der Waals surface area contributed by atoms with Crippen molar-refractivity contribution in [3.63, 3.8) is 0 Å². The quantitative estimate of drug-likeness (QED) is 0.240. The van der Waals surface area contributed by atoms with Crippen LogP contribution >= 0.6 is 23.2 Å². The van der Waals surface area contributed by atoms with Crippen molar-refractivity contribution >= 4 is 35.1 Å². The van der Waals surface area contributed by atoms with Crippen molar-refractivity contribution in [2.75, 3.05) is 20.3 Å². The molecule has 0 aliphatic rings. The van der Waals surface area contributed by atoms with Crippen LogP contribution in [-0.4, -0.2) is 48.3 Å². The van der Waals surface area contributed by atoms with Crippen LogP contribution in [-0.2, 0) is 17.6 Å². The van der Waals surface area contributed by atoms with Gasteiger partial charge in [-0.1, -0.05) is 46.6 Å². The number of benzene rings is 2. The van der Waals surface area contributed by atoms with Gasteiger partial charge in [-0.25, -0.2) is 4.79 Å². The van der Waals surface area contributed by atoms with Gasteiger partial charge in [0.1, 0.15) is 5.75 Å². The summed E-state index contributed by atoms with van der Waals surface area (Å²) in [6.45, 7) is 0.977. The molecule has 3 rings (SSSR count). The summed E-state index contributed by atoms with van der Waals surface area (Å²) in [6, 6.07) is 12.1. The first-order valence-corrected chi connectivity index (χ1v) is 12.2. The van der Waals surface area contributed by atoms with Crippen LogP contribution in [0.3, 0.4) is 0 Å². The fourth-order valence-corrected chi connectivity index (χ4v) is 3.73. The highest BCUT2D eigenvalue weighted by molar-refractivity contribution is 6.42. The van der Waals surface area contributed by atoms with Crippen LogP contribution in [0.1, 0.15) is 46.9 Å².